The third-order valence-corrected chi connectivity index (χ3v) is 3.69. The normalized spacial score (nSPS) is 12.2. The minimum absolute atomic E-state index is 0.0343. The number of nitrogens with two attached hydrogens (primary N) is 1. The molecule has 112 valence electrons. The Morgan fingerprint density at radius 2 is 2.05 bits per heavy atom. The van der Waals surface area contributed by atoms with Gasteiger partial charge in [0, 0.05) is 5.38 Å². The van der Waals surface area contributed by atoms with Crippen molar-refractivity contribution in [3.05, 3.63) is 40.3 Å². The molecule has 1 atom stereocenters. The smallest absolute Gasteiger partial charge is 0.275 e. The molecule has 1 heterocycles. The maximum absolute atomic E-state index is 12.2. The monoisotopic (exact) mass is 305 g/mol. The van der Waals surface area contributed by atoms with Gasteiger partial charge in [0.15, 0.2) is 0 Å². The first-order valence-corrected chi connectivity index (χ1v) is 7.63. The summed E-state index contributed by atoms with van der Waals surface area (Å²) in [5.41, 5.74) is 6.75. The summed E-state index contributed by atoms with van der Waals surface area (Å²) >= 11 is 1.38. The molecular formula is C15H19N3O2S. The molecule has 2 aromatic rings. The van der Waals surface area contributed by atoms with Crippen molar-refractivity contribution in [3.63, 3.8) is 0 Å². The van der Waals surface area contributed by atoms with Crippen molar-refractivity contribution >= 4 is 22.9 Å². The number of para-hydroxylation sites is 2. The SMILES string of the molecule is CC(C)Oc1ccccc1NC(=O)c1csc(C(C)N)n1. The van der Waals surface area contributed by atoms with Crippen molar-refractivity contribution in [2.45, 2.75) is 32.9 Å². The summed E-state index contributed by atoms with van der Waals surface area (Å²) in [6.45, 7) is 5.72. The van der Waals surface area contributed by atoms with Gasteiger partial charge < -0.3 is 15.8 Å². The number of ether oxygens (including phenoxy) is 1. The second-order valence-electron chi connectivity index (χ2n) is 4.98. The molecule has 0 saturated carbocycles. The van der Waals surface area contributed by atoms with Gasteiger partial charge in [0.2, 0.25) is 0 Å². The number of carbonyl (C=O) groups excluding carboxylic acids is 1. The standard InChI is InChI=1S/C15H19N3O2S/c1-9(2)20-13-7-5-4-6-11(13)17-14(19)12-8-21-15(18-12)10(3)16/h4-10H,16H2,1-3H3,(H,17,19). The minimum atomic E-state index is -0.266. The van der Waals surface area contributed by atoms with Gasteiger partial charge in [-0.05, 0) is 32.9 Å². The zero-order chi connectivity index (χ0) is 15.4. The van der Waals surface area contributed by atoms with Crippen LogP contribution < -0.4 is 15.8 Å². The molecule has 0 saturated heterocycles. The van der Waals surface area contributed by atoms with E-state index in [1.165, 1.54) is 11.3 Å². The number of nitrogens with one attached hydrogen (secondary N) is 1. The summed E-state index contributed by atoms with van der Waals surface area (Å²) in [4.78, 5) is 16.5. The first-order chi connectivity index (χ1) is 9.97. The zero-order valence-corrected chi connectivity index (χ0v) is 13.1. The third kappa shape index (κ3) is 4.03. The van der Waals surface area contributed by atoms with Gasteiger partial charge in [-0.3, -0.25) is 4.79 Å². The largest absolute Gasteiger partial charge is 0.489 e. The summed E-state index contributed by atoms with van der Waals surface area (Å²) in [6.07, 6.45) is 0.0343. The molecule has 0 fully saturated rings. The first kappa shape index (κ1) is 15.5. The third-order valence-electron chi connectivity index (χ3n) is 2.64. The van der Waals surface area contributed by atoms with Crippen molar-refractivity contribution in [1.82, 2.24) is 4.98 Å². The topological polar surface area (TPSA) is 77.2 Å². The van der Waals surface area contributed by atoms with Gasteiger partial charge in [0.1, 0.15) is 16.5 Å². The fraction of sp³-hybridized carbons (Fsp3) is 0.333. The summed E-state index contributed by atoms with van der Waals surface area (Å²) in [5.74, 6) is 0.376. The fourth-order valence-electron chi connectivity index (χ4n) is 1.71. The van der Waals surface area contributed by atoms with E-state index in [4.69, 9.17) is 10.5 Å². The van der Waals surface area contributed by atoms with Gasteiger partial charge in [-0.2, -0.15) is 0 Å². The number of anilines is 1. The average Bonchev–Trinajstić information content (AvgIpc) is 2.90. The van der Waals surface area contributed by atoms with E-state index in [0.29, 0.717) is 17.1 Å². The number of hydrogen-bond acceptors (Lipinski definition) is 5. The number of rotatable bonds is 5. The molecule has 1 aromatic carbocycles. The van der Waals surface area contributed by atoms with Gasteiger partial charge in [-0.15, -0.1) is 11.3 Å². The van der Waals surface area contributed by atoms with Crippen molar-refractivity contribution < 1.29 is 9.53 Å². The van der Waals surface area contributed by atoms with Crippen molar-refractivity contribution in [3.8, 4) is 5.75 Å². The molecule has 21 heavy (non-hydrogen) atoms. The molecule has 1 amide bonds. The van der Waals surface area contributed by atoms with E-state index in [-0.39, 0.29) is 18.1 Å². The van der Waals surface area contributed by atoms with Gasteiger partial charge in [-0.1, -0.05) is 12.1 Å². The molecule has 2 rings (SSSR count). The summed E-state index contributed by atoms with van der Waals surface area (Å²) in [5, 5.41) is 5.27. The quantitative estimate of drug-likeness (QED) is 0.889. The van der Waals surface area contributed by atoms with Gasteiger partial charge in [0.05, 0.1) is 17.8 Å². The van der Waals surface area contributed by atoms with Crippen LogP contribution in [0.15, 0.2) is 29.6 Å². The molecule has 0 aliphatic heterocycles. The van der Waals surface area contributed by atoms with Crippen LogP contribution in [0.1, 0.15) is 42.3 Å². The van der Waals surface area contributed by atoms with E-state index in [0.717, 1.165) is 5.01 Å². The highest BCUT2D eigenvalue weighted by molar-refractivity contribution is 7.09. The number of carbonyl (C=O) groups is 1. The summed E-state index contributed by atoms with van der Waals surface area (Å²) < 4.78 is 5.67. The lowest BCUT2D eigenvalue weighted by Gasteiger charge is -2.14. The first-order valence-electron chi connectivity index (χ1n) is 6.75. The Balaban J connectivity index is 2.15. The van der Waals surface area contributed by atoms with E-state index in [1.807, 2.05) is 39.0 Å². The molecule has 0 aliphatic carbocycles. The highest BCUT2D eigenvalue weighted by Crippen LogP contribution is 2.26. The Kier molecular flexibility index (Phi) is 4.93. The molecule has 0 bridgehead atoms. The number of amides is 1. The van der Waals surface area contributed by atoms with E-state index in [2.05, 4.69) is 10.3 Å². The zero-order valence-electron chi connectivity index (χ0n) is 12.3. The summed E-state index contributed by atoms with van der Waals surface area (Å²) in [7, 11) is 0. The van der Waals surface area contributed by atoms with Crippen LogP contribution in [-0.2, 0) is 0 Å². The van der Waals surface area contributed by atoms with E-state index < -0.39 is 0 Å². The predicted octanol–water partition coefficient (Wildman–Crippen LogP) is 3.20. The molecule has 1 aromatic heterocycles. The van der Waals surface area contributed by atoms with Crippen molar-refractivity contribution in [2.75, 3.05) is 5.32 Å². The van der Waals surface area contributed by atoms with E-state index in [9.17, 15) is 4.79 Å². The lowest BCUT2D eigenvalue weighted by Crippen LogP contribution is -2.15. The molecule has 5 nitrogen and oxygen atoms in total. The predicted molar refractivity (Wildman–Crippen MR) is 84.9 cm³/mol. The Bertz CT molecular complexity index is 623. The lowest BCUT2D eigenvalue weighted by molar-refractivity contribution is 0.102. The molecule has 0 aliphatic rings. The number of hydrogen-bond donors (Lipinski definition) is 2. The van der Waals surface area contributed by atoms with Crippen LogP contribution in [0, 0.1) is 0 Å². The van der Waals surface area contributed by atoms with Crippen LogP contribution in [0.2, 0.25) is 0 Å². The molecule has 1 unspecified atom stereocenters. The second-order valence-corrected chi connectivity index (χ2v) is 5.87. The number of thiazole rings is 1. The Morgan fingerprint density at radius 1 is 1.33 bits per heavy atom. The van der Waals surface area contributed by atoms with Crippen LogP contribution in [0.25, 0.3) is 0 Å². The van der Waals surface area contributed by atoms with Crippen LogP contribution in [0.5, 0.6) is 5.75 Å². The molecular weight excluding hydrogens is 286 g/mol. The average molecular weight is 305 g/mol. The highest BCUT2D eigenvalue weighted by atomic mass is 32.1. The van der Waals surface area contributed by atoms with Gasteiger partial charge in [-0.25, -0.2) is 4.98 Å². The van der Waals surface area contributed by atoms with Crippen molar-refractivity contribution in [2.24, 2.45) is 5.73 Å². The maximum Gasteiger partial charge on any atom is 0.275 e. The van der Waals surface area contributed by atoms with Gasteiger partial charge in [0.25, 0.3) is 5.91 Å². The van der Waals surface area contributed by atoms with E-state index >= 15 is 0 Å². The van der Waals surface area contributed by atoms with Crippen LogP contribution in [0.4, 0.5) is 5.69 Å². The highest BCUT2D eigenvalue weighted by Gasteiger charge is 2.15. The lowest BCUT2D eigenvalue weighted by atomic mass is 10.2. The van der Waals surface area contributed by atoms with Crippen LogP contribution in [-0.4, -0.2) is 17.0 Å². The maximum atomic E-state index is 12.2. The minimum Gasteiger partial charge on any atom is -0.489 e. The van der Waals surface area contributed by atoms with Crippen LogP contribution >= 0.6 is 11.3 Å². The number of nitrogens with zero attached hydrogens (tertiary/aromatic N) is 1. The van der Waals surface area contributed by atoms with Crippen LogP contribution in [0.3, 0.4) is 0 Å². The Labute approximate surface area is 128 Å². The Morgan fingerprint density at radius 3 is 2.67 bits per heavy atom. The number of benzene rings is 1. The molecule has 0 spiro atoms. The fourth-order valence-corrected chi connectivity index (χ4v) is 2.47. The molecule has 0 radical (unpaired) electrons. The number of aromatic nitrogens is 1. The molecule has 6 heteroatoms. The van der Waals surface area contributed by atoms with Gasteiger partial charge >= 0.3 is 0 Å². The Hall–Kier alpha value is -1.92. The van der Waals surface area contributed by atoms with Crippen molar-refractivity contribution in [1.29, 1.82) is 0 Å². The summed E-state index contributed by atoms with van der Waals surface area (Å²) in [6, 6.07) is 7.16. The molecule has 3 N–H and O–H groups in total. The second kappa shape index (κ2) is 6.69. The van der Waals surface area contributed by atoms with E-state index in [1.54, 1.807) is 11.4 Å².